The maximum absolute atomic E-state index is 13.0. The van der Waals surface area contributed by atoms with Crippen LogP contribution in [-0.2, 0) is 4.74 Å². The zero-order valence-electron chi connectivity index (χ0n) is 18.6. The van der Waals surface area contributed by atoms with E-state index in [2.05, 4.69) is 36.3 Å². The van der Waals surface area contributed by atoms with Gasteiger partial charge in [0.15, 0.2) is 0 Å². The lowest BCUT2D eigenvalue weighted by molar-refractivity contribution is 0.0579. The van der Waals surface area contributed by atoms with Crippen LogP contribution in [0.3, 0.4) is 0 Å². The number of piperazine rings is 1. The van der Waals surface area contributed by atoms with Crippen LogP contribution < -0.4 is 10.2 Å². The Morgan fingerprint density at radius 1 is 1.16 bits per heavy atom. The van der Waals surface area contributed by atoms with Crippen molar-refractivity contribution in [2.24, 2.45) is 0 Å². The van der Waals surface area contributed by atoms with E-state index in [0.29, 0.717) is 25.3 Å². The number of carbonyl (C=O) groups is 2. The molecule has 0 spiro atoms. The van der Waals surface area contributed by atoms with E-state index in [1.54, 1.807) is 17.0 Å². The van der Waals surface area contributed by atoms with E-state index in [1.165, 1.54) is 11.1 Å². The molecule has 0 radical (unpaired) electrons. The lowest BCUT2D eigenvalue weighted by Crippen LogP contribution is -2.55. The molecule has 4 rings (SSSR count). The summed E-state index contributed by atoms with van der Waals surface area (Å²) in [6.07, 6.45) is 6.54. The number of cyclic esters (lactones) is 1. The number of allylic oxidation sites excluding steroid dienone is 2. The zero-order valence-corrected chi connectivity index (χ0v) is 18.6. The fourth-order valence-electron chi connectivity index (χ4n) is 4.56. The largest absolute Gasteiger partial charge is 0.447 e. The van der Waals surface area contributed by atoms with E-state index in [4.69, 9.17) is 4.74 Å². The number of anilines is 1. The van der Waals surface area contributed by atoms with Crippen LogP contribution in [0.2, 0.25) is 0 Å². The Bertz CT molecular complexity index is 885. The minimum absolute atomic E-state index is 0.000860. The van der Waals surface area contributed by atoms with Gasteiger partial charge >= 0.3 is 6.09 Å². The highest BCUT2D eigenvalue weighted by Gasteiger charge is 2.31. The van der Waals surface area contributed by atoms with Gasteiger partial charge in [-0.3, -0.25) is 14.6 Å². The highest BCUT2D eigenvalue weighted by Crippen LogP contribution is 2.24. The van der Waals surface area contributed by atoms with E-state index in [1.807, 2.05) is 24.0 Å². The number of ether oxygens (including phenoxy) is 1. The second-order valence-corrected chi connectivity index (χ2v) is 8.60. The summed E-state index contributed by atoms with van der Waals surface area (Å²) in [4.78, 5) is 30.8. The van der Waals surface area contributed by atoms with E-state index >= 15 is 0 Å². The van der Waals surface area contributed by atoms with Gasteiger partial charge in [-0.25, -0.2) is 4.79 Å². The third kappa shape index (κ3) is 4.46. The highest BCUT2D eigenvalue weighted by molar-refractivity contribution is 5.96. The molecule has 0 aromatic heterocycles. The van der Waals surface area contributed by atoms with E-state index < -0.39 is 0 Å². The number of nitrogens with zero attached hydrogens (tertiary/aromatic N) is 3. The normalized spacial score (nSPS) is 24.4. The SMILES string of the molecule is CCCC1=CNC(N2CCN(C(=O)c3ccc(N4C(=O)OC[C@H]4C)cc3)CC2)C(C)=C1. The molecule has 1 unspecified atom stereocenters. The monoisotopic (exact) mass is 424 g/mol. The van der Waals surface area contributed by atoms with Crippen molar-refractivity contribution in [1.29, 1.82) is 0 Å². The fraction of sp³-hybridized carbons (Fsp3) is 0.500. The predicted octanol–water partition coefficient (Wildman–Crippen LogP) is 3.35. The molecule has 3 aliphatic rings. The molecule has 2 fully saturated rings. The summed E-state index contributed by atoms with van der Waals surface area (Å²) in [5, 5.41) is 3.54. The number of benzene rings is 1. The minimum Gasteiger partial charge on any atom is -0.447 e. The van der Waals surface area contributed by atoms with Crippen molar-refractivity contribution in [2.45, 2.75) is 45.8 Å². The minimum atomic E-state index is -0.333. The molecule has 1 aromatic carbocycles. The Labute approximate surface area is 184 Å². The van der Waals surface area contributed by atoms with Crippen molar-refractivity contribution in [2.75, 3.05) is 37.7 Å². The highest BCUT2D eigenvalue weighted by atomic mass is 16.6. The Balaban J connectivity index is 1.33. The van der Waals surface area contributed by atoms with Gasteiger partial charge in [-0.2, -0.15) is 0 Å². The van der Waals surface area contributed by atoms with Crippen molar-refractivity contribution in [3.8, 4) is 0 Å². The summed E-state index contributed by atoms with van der Waals surface area (Å²) < 4.78 is 5.09. The number of hydrogen-bond acceptors (Lipinski definition) is 5. The van der Waals surface area contributed by atoms with Gasteiger partial charge in [-0.1, -0.05) is 19.4 Å². The number of rotatable bonds is 5. The van der Waals surface area contributed by atoms with Crippen molar-refractivity contribution in [1.82, 2.24) is 15.1 Å². The Hall–Kier alpha value is -2.80. The average molecular weight is 425 g/mol. The van der Waals surface area contributed by atoms with Gasteiger partial charge in [-0.15, -0.1) is 0 Å². The van der Waals surface area contributed by atoms with Crippen molar-refractivity contribution in [3.63, 3.8) is 0 Å². The fourth-order valence-corrected chi connectivity index (χ4v) is 4.56. The Kier molecular flexibility index (Phi) is 6.32. The standard InChI is InChI=1S/C24H32N4O3/c1-4-5-19-14-17(2)22(25-15-19)26-10-12-27(13-11-26)23(29)20-6-8-21(9-7-20)28-18(3)16-31-24(28)30/h6-9,14-15,18,22,25H,4-5,10-13,16H2,1-3H3/t18-,22?/m1/s1. The van der Waals surface area contributed by atoms with Gasteiger partial charge in [0.1, 0.15) is 12.8 Å². The van der Waals surface area contributed by atoms with Crippen LogP contribution in [0.5, 0.6) is 0 Å². The molecule has 2 saturated heterocycles. The third-order valence-corrected chi connectivity index (χ3v) is 6.25. The van der Waals surface area contributed by atoms with Crippen LogP contribution in [0.15, 0.2) is 47.7 Å². The smallest absolute Gasteiger partial charge is 0.414 e. The van der Waals surface area contributed by atoms with E-state index in [0.717, 1.165) is 31.6 Å². The zero-order chi connectivity index (χ0) is 22.0. The van der Waals surface area contributed by atoms with Gasteiger partial charge in [-0.05, 0) is 55.7 Å². The molecule has 1 N–H and O–H groups in total. The van der Waals surface area contributed by atoms with Crippen molar-refractivity contribution >= 4 is 17.7 Å². The van der Waals surface area contributed by atoms with Gasteiger partial charge in [0.05, 0.1) is 6.04 Å². The summed E-state index contributed by atoms with van der Waals surface area (Å²) in [5.41, 5.74) is 4.09. The first-order valence-electron chi connectivity index (χ1n) is 11.2. The van der Waals surface area contributed by atoms with Crippen molar-refractivity contribution in [3.05, 3.63) is 53.3 Å². The topological polar surface area (TPSA) is 65.1 Å². The molecule has 2 amide bonds. The maximum atomic E-state index is 13.0. The molecule has 7 heteroatoms. The number of hydrogen-bond donors (Lipinski definition) is 1. The maximum Gasteiger partial charge on any atom is 0.414 e. The Morgan fingerprint density at radius 3 is 2.45 bits per heavy atom. The molecule has 0 saturated carbocycles. The molecule has 2 atom stereocenters. The van der Waals surface area contributed by atoms with Gasteiger partial charge < -0.3 is 15.0 Å². The number of amides is 2. The van der Waals surface area contributed by atoms with Gasteiger partial charge in [0, 0.05) is 43.6 Å². The van der Waals surface area contributed by atoms with Gasteiger partial charge in [0.2, 0.25) is 0 Å². The first-order chi connectivity index (χ1) is 15.0. The Morgan fingerprint density at radius 2 is 1.87 bits per heavy atom. The number of dihydropyridines is 1. The van der Waals surface area contributed by atoms with Crippen LogP contribution in [0.4, 0.5) is 10.5 Å². The van der Waals surface area contributed by atoms with Crippen LogP contribution >= 0.6 is 0 Å². The molecule has 3 heterocycles. The summed E-state index contributed by atoms with van der Waals surface area (Å²) in [7, 11) is 0. The van der Waals surface area contributed by atoms with Crippen molar-refractivity contribution < 1.29 is 14.3 Å². The van der Waals surface area contributed by atoms with Crippen LogP contribution in [-0.4, -0.2) is 66.8 Å². The molecule has 166 valence electrons. The molecule has 0 aliphatic carbocycles. The number of carbonyl (C=O) groups excluding carboxylic acids is 2. The molecule has 7 nitrogen and oxygen atoms in total. The second-order valence-electron chi connectivity index (χ2n) is 8.60. The first kappa shape index (κ1) is 21.4. The van der Waals surface area contributed by atoms with E-state index in [-0.39, 0.29) is 24.2 Å². The molecule has 3 aliphatic heterocycles. The lowest BCUT2D eigenvalue weighted by Gasteiger charge is -2.41. The summed E-state index contributed by atoms with van der Waals surface area (Å²) in [6, 6.07) is 7.26. The number of nitrogens with one attached hydrogen (secondary N) is 1. The van der Waals surface area contributed by atoms with E-state index in [9.17, 15) is 9.59 Å². The molecular weight excluding hydrogens is 392 g/mol. The van der Waals surface area contributed by atoms with Crippen LogP contribution in [0, 0.1) is 0 Å². The molecule has 0 bridgehead atoms. The second kappa shape index (κ2) is 9.14. The molecular formula is C24H32N4O3. The average Bonchev–Trinajstić information content (AvgIpc) is 3.12. The van der Waals surface area contributed by atoms with Gasteiger partial charge in [0.25, 0.3) is 5.91 Å². The summed E-state index contributed by atoms with van der Waals surface area (Å²) in [6.45, 7) is 9.78. The van der Waals surface area contributed by atoms with Crippen LogP contribution in [0.25, 0.3) is 0 Å². The predicted molar refractivity (Wildman–Crippen MR) is 121 cm³/mol. The first-order valence-corrected chi connectivity index (χ1v) is 11.2. The third-order valence-electron chi connectivity index (χ3n) is 6.25. The molecule has 31 heavy (non-hydrogen) atoms. The quantitative estimate of drug-likeness (QED) is 0.785. The lowest BCUT2D eigenvalue weighted by atomic mass is 10.0. The summed E-state index contributed by atoms with van der Waals surface area (Å²) >= 11 is 0. The van der Waals surface area contributed by atoms with Crippen LogP contribution in [0.1, 0.15) is 44.0 Å². The summed E-state index contributed by atoms with van der Waals surface area (Å²) in [5.74, 6) is 0.0391. The molecule has 1 aromatic rings.